The first kappa shape index (κ1) is 14.4. The van der Waals surface area contributed by atoms with E-state index in [1.54, 1.807) is 0 Å². The Bertz CT molecular complexity index is 478. The third-order valence-corrected chi connectivity index (χ3v) is 2.94. The van der Waals surface area contributed by atoms with Crippen molar-refractivity contribution in [2.24, 2.45) is 4.99 Å². The summed E-state index contributed by atoms with van der Waals surface area (Å²) in [5.41, 5.74) is 6.05. The summed E-state index contributed by atoms with van der Waals surface area (Å²) in [6, 6.07) is 8.75. The second-order valence-electron chi connectivity index (χ2n) is 4.65. The lowest BCUT2D eigenvalue weighted by Gasteiger charge is -2.09. The maximum absolute atomic E-state index is 4.42. The maximum atomic E-state index is 4.42. The molecule has 0 bridgehead atoms. The normalized spacial score (nSPS) is 12.7. The zero-order chi connectivity index (χ0) is 13.5. The number of nitrogens with zero attached hydrogens (tertiary/aromatic N) is 1. The lowest BCUT2D eigenvalue weighted by molar-refractivity contribution is 1.06. The summed E-state index contributed by atoms with van der Waals surface area (Å²) in [5, 5.41) is 0. The molecule has 0 heterocycles. The van der Waals surface area contributed by atoms with E-state index in [-0.39, 0.29) is 0 Å². The van der Waals surface area contributed by atoms with E-state index in [0.717, 1.165) is 24.1 Å². The highest BCUT2D eigenvalue weighted by atomic mass is 14.7. The zero-order valence-electron chi connectivity index (χ0n) is 12.0. The van der Waals surface area contributed by atoms with Gasteiger partial charge in [-0.25, -0.2) is 0 Å². The zero-order valence-corrected chi connectivity index (χ0v) is 12.0. The summed E-state index contributed by atoms with van der Waals surface area (Å²) in [6.45, 7) is 12.3. The molecule has 0 aliphatic heterocycles. The van der Waals surface area contributed by atoms with Crippen LogP contribution in [0.15, 0.2) is 52.7 Å². The van der Waals surface area contributed by atoms with Gasteiger partial charge in [0.05, 0.1) is 5.70 Å². The van der Waals surface area contributed by atoms with Crippen molar-refractivity contribution in [2.45, 2.75) is 40.5 Å². The standard InChI is InChI=1S/C17H23N/c1-6-15-9-8-10-16(12-15)11-14(5)17(13(3)4)18-7-2/h7-10,12H,3,6,11H2,1-2,4-5H3/b17-14-,18-7?. The van der Waals surface area contributed by atoms with E-state index >= 15 is 0 Å². The lowest BCUT2D eigenvalue weighted by Crippen LogP contribution is -1.94. The van der Waals surface area contributed by atoms with Crippen LogP contribution < -0.4 is 0 Å². The molecule has 0 saturated heterocycles. The number of aliphatic imine (C=N–C) groups is 1. The Morgan fingerprint density at radius 2 is 1.94 bits per heavy atom. The first-order valence-electron chi connectivity index (χ1n) is 6.50. The fraction of sp³-hybridized carbons (Fsp3) is 0.353. The van der Waals surface area contributed by atoms with E-state index < -0.39 is 0 Å². The Hall–Kier alpha value is -1.63. The van der Waals surface area contributed by atoms with Gasteiger partial charge in [-0.3, -0.25) is 4.99 Å². The van der Waals surface area contributed by atoms with Crippen molar-refractivity contribution >= 4 is 6.21 Å². The summed E-state index contributed by atoms with van der Waals surface area (Å²) in [7, 11) is 0. The van der Waals surface area contributed by atoms with Crippen LogP contribution in [0.2, 0.25) is 0 Å². The largest absolute Gasteiger partial charge is 0.261 e. The van der Waals surface area contributed by atoms with E-state index in [1.165, 1.54) is 16.7 Å². The summed E-state index contributed by atoms with van der Waals surface area (Å²) >= 11 is 0. The van der Waals surface area contributed by atoms with Gasteiger partial charge in [-0.05, 0) is 55.9 Å². The Labute approximate surface area is 111 Å². The van der Waals surface area contributed by atoms with Crippen molar-refractivity contribution in [3.05, 3.63) is 58.8 Å². The van der Waals surface area contributed by atoms with Crippen molar-refractivity contribution in [2.75, 3.05) is 0 Å². The first-order chi connectivity index (χ1) is 8.58. The highest BCUT2D eigenvalue weighted by molar-refractivity contribution is 5.57. The van der Waals surface area contributed by atoms with Crippen LogP contribution in [-0.4, -0.2) is 6.21 Å². The number of hydrogen-bond acceptors (Lipinski definition) is 1. The molecule has 18 heavy (non-hydrogen) atoms. The van der Waals surface area contributed by atoms with E-state index in [0.29, 0.717) is 0 Å². The van der Waals surface area contributed by atoms with Gasteiger partial charge in [0, 0.05) is 6.21 Å². The fourth-order valence-electron chi connectivity index (χ4n) is 2.06. The first-order valence-corrected chi connectivity index (χ1v) is 6.50. The Balaban J connectivity index is 3.00. The molecule has 0 N–H and O–H groups in total. The molecule has 0 spiro atoms. The molecular formula is C17H23N. The molecule has 0 aliphatic carbocycles. The van der Waals surface area contributed by atoms with E-state index in [2.05, 4.69) is 49.7 Å². The average molecular weight is 241 g/mol. The van der Waals surface area contributed by atoms with E-state index in [4.69, 9.17) is 0 Å². The van der Waals surface area contributed by atoms with Crippen LogP contribution in [0.25, 0.3) is 0 Å². The number of benzene rings is 1. The minimum absolute atomic E-state index is 0.938. The maximum Gasteiger partial charge on any atom is 0.0641 e. The molecule has 0 saturated carbocycles. The second kappa shape index (κ2) is 6.95. The monoisotopic (exact) mass is 241 g/mol. The van der Waals surface area contributed by atoms with Crippen molar-refractivity contribution < 1.29 is 0 Å². The molecule has 0 unspecified atom stereocenters. The van der Waals surface area contributed by atoms with Gasteiger partial charge in [-0.2, -0.15) is 0 Å². The highest BCUT2D eigenvalue weighted by Crippen LogP contribution is 2.19. The molecule has 0 fully saturated rings. The van der Waals surface area contributed by atoms with Gasteiger partial charge in [0.25, 0.3) is 0 Å². The van der Waals surface area contributed by atoms with Gasteiger partial charge < -0.3 is 0 Å². The molecule has 0 atom stereocenters. The van der Waals surface area contributed by atoms with Gasteiger partial charge in [0.15, 0.2) is 0 Å². The average Bonchev–Trinajstić information content (AvgIpc) is 2.35. The highest BCUT2D eigenvalue weighted by Gasteiger charge is 2.03. The van der Waals surface area contributed by atoms with Gasteiger partial charge >= 0.3 is 0 Å². The molecule has 1 aromatic rings. The molecular weight excluding hydrogens is 218 g/mol. The Morgan fingerprint density at radius 3 is 2.50 bits per heavy atom. The van der Waals surface area contributed by atoms with Crippen LogP contribution >= 0.6 is 0 Å². The van der Waals surface area contributed by atoms with Crippen molar-refractivity contribution in [3.63, 3.8) is 0 Å². The third-order valence-electron chi connectivity index (χ3n) is 2.94. The molecule has 1 nitrogen and oxygen atoms in total. The number of hydrogen-bond donors (Lipinski definition) is 0. The topological polar surface area (TPSA) is 12.4 Å². The fourth-order valence-corrected chi connectivity index (χ4v) is 2.06. The molecule has 0 radical (unpaired) electrons. The summed E-state index contributed by atoms with van der Waals surface area (Å²) < 4.78 is 0. The quantitative estimate of drug-likeness (QED) is 0.522. The van der Waals surface area contributed by atoms with Crippen LogP contribution in [0, 0.1) is 0 Å². The molecule has 0 aromatic heterocycles. The van der Waals surface area contributed by atoms with Gasteiger partial charge in [0.2, 0.25) is 0 Å². The van der Waals surface area contributed by atoms with Gasteiger partial charge in [-0.15, -0.1) is 0 Å². The molecule has 0 aliphatic rings. The second-order valence-corrected chi connectivity index (χ2v) is 4.65. The SMILES string of the molecule is C=C(C)/C(N=CC)=C(\C)Cc1cccc(CC)c1. The van der Waals surface area contributed by atoms with Crippen LogP contribution in [0.5, 0.6) is 0 Å². The molecule has 1 heteroatoms. The van der Waals surface area contributed by atoms with Crippen molar-refractivity contribution in [1.29, 1.82) is 0 Å². The van der Waals surface area contributed by atoms with E-state index in [9.17, 15) is 0 Å². The Kier molecular flexibility index (Phi) is 5.57. The van der Waals surface area contributed by atoms with Crippen molar-refractivity contribution in [3.8, 4) is 0 Å². The van der Waals surface area contributed by atoms with Crippen LogP contribution in [0.3, 0.4) is 0 Å². The lowest BCUT2D eigenvalue weighted by atomic mass is 10.00. The number of allylic oxidation sites excluding steroid dienone is 2. The summed E-state index contributed by atoms with van der Waals surface area (Å²) in [6.07, 6.45) is 3.85. The summed E-state index contributed by atoms with van der Waals surface area (Å²) in [5.74, 6) is 0. The number of aryl methyl sites for hydroxylation is 1. The third kappa shape index (κ3) is 3.99. The predicted octanol–water partition coefficient (Wildman–Crippen LogP) is 4.73. The molecule has 0 amide bonds. The van der Waals surface area contributed by atoms with Gasteiger partial charge in [0.1, 0.15) is 0 Å². The van der Waals surface area contributed by atoms with Gasteiger partial charge in [-0.1, -0.05) is 37.8 Å². The van der Waals surface area contributed by atoms with Crippen LogP contribution in [0.4, 0.5) is 0 Å². The van der Waals surface area contributed by atoms with Crippen molar-refractivity contribution in [1.82, 2.24) is 0 Å². The predicted molar refractivity (Wildman–Crippen MR) is 81.2 cm³/mol. The van der Waals surface area contributed by atoms with Crippen LogP contribution in [0.1, 0.15) is 38.8 Å². The smallest absolute Gasteiger partial charge is 0.0641 e. The molecule has 1 aromatic carbocycles. The summed E-state index contributed by atoms with van der Waals surface area (Å²) in [4.78, 5) is 4.42. The molecule has 96 valence electrons. The minimum Gasteiger partial charge on any atom is -0.261 e. The Morgan fingerprint density at radius 1 is 1.28 bits per heavy atom. The van der Waals surface area contributed by atoms with E-state index in [1.807, 2.05) is 20.1 Å². The number of rotatable bonds is 5. The van der Waals surface area contributed by atoms with Crippen LogP contribution in [-0.2, 0) is 12.8 Å². The molecule has 1 rings (SSSR count). The minimum atomic E-state index is 0.938.